The van der Waals surface area contributed by atoms with Crippen molar-refractivity contribution in [1.29, 1.82) is 0 Å². The first-order valence-electron chi connectivity index (χ1n) is 6.37. The van der Waals surface area contributed by atoms with Crippen LogP contribution < -0.4 is 5.32 Å². The van der Waals surface area contributed by atoms with Crippen LogP contribution >= 0.6 is 0 Å². The molecule has 2 nitrogen and oxygen atoms in total. The van der Waals surface area contributed by atoms with Crippen molar-refractivity contribution < 1.29 is 8.78 Å². The van der Waals surface area contributed by atoms with Crippen molar-refractivity contribution in [1.82, 2.24) is 10.2 Å². The molecular formula is C14H20F2N2. The van der Waals surface area contributed by atoms with Gasteiger partial charge in [-0.15, -0.1) is 0 Å². The molecule has 1 aromatic rings. The van der Waals surface area contributed by atoms with E-state index in [-0.39, 0.29) is 5.54 Å². The predicted molar refractivity (Wildman–Crippen MR) is 68.3 cm³/mol. The third kappa shape index (κ3) is 3.75. The maximum Gasteiger partial charge on any atom is 0.126 e. The van der Waals surface area contributed by atoms with E-state index in [1.54, 1.807) is 0 Å². The quantitative estimate of drug-likeness (QED) is 0.872. The summed E-state index contributed by atoms with van der Waals surface area (Å²) in [5, 5.41) is 3.47. The van der Waals surface area contributed by atoms with Gasteiger partial charge in [0.05, 0.1) is 0 Å². The van der Waals surface area contributed by atoms with Crippen molar-refractivity contribution in [2.24, 2.45) is 0 Å². The first-order valence-corrected chi connectivity index (χ1v) is 6.37. The summed E-state index contributed by atoms with van der Waals surface area (Å²) in [6.07, 6.45) is 1.06. The van der Waals surface area contributed by atoms with Crippen LogP contribution in [0.15, 0.2) is 18.2 Å². The van der Waals surface area contributed by atoms with Crippen molar-refractivity contribution in [3.8, 4) is 0 Å². The SMILES string of the molecule is CC1(C)CN(Cc2cc(F)cc(F)c2)CCCN1. The predicted octanol–water partition coefficient (Wildman–Crippen LogP) is 2.54. The van der Waals surface area contributed by atoms with Gasteiger partial charge in [0, 0.05) is 24.7 Å². The molecule has 0 amide bonds. The molecule has 0 atom stereocenters. The van der Waals surface area contributed by atoms with E-state index in [1.807, 2.05) is 0 Å². The van der Waals surface area contributed by atoms with E-state index in [0.717, 1.165) is 32.1 Å². The summed E-state index contributed by atoms with van der Waals surface area (Å²) in [6.45, 7) is 7.72. The highest BCUT2D eigenvalue weighted by Crippen LogP contribution is 2.15. The van der Waals surface area contributed by atoms with Crippen LogP contribution in [-0.2, 0) is 6.54 Å². The average molecular weight is 254 g/mol. The fourth-order valence-corrected chi connectivity index (χ4v) is 2.52. The molecule has 0 radical (unpaired) electrons. The number of nitrogens with zero attached hydrogens (tertiary/aromatic N) is 1. The van der Waals surface area contributed by atoms with Gasteiger partial charge in [0.1, 0.15) is 11.6 Å². The van der Waals surface area contributed by atoms with Gasteiger partial charge in [0.2, 0.25) is 0 Å². The Morgan fingerprint density at radius 2 is 1.89 bits per heavy atom. The highest BCUT2D eigenvalue weighted by Gasteiger charge is 2.23. The zero-order chi connectivity index (χ0) is 13.2. The maximum absolute atomic E-state index is 13.1. The Balaban J connectivity index is 2.07. The highest BCUT2D eigenvalue weighted by molar-refractivity contribution is 5.17. The molecule has 0 bridgehead atoms. The van der Waals surface area contributed by atoms with Gasteiger partial charge in [0.15, 0.2) is 0 Å². The van der Waals surface area contributed by atoms with Crippen molar-refractivity contribution in [2.75, 3.05) is 19.6 Å². The van der Waals surface area contributed by atoms with Gasteiger partial charge in [-0.25, -0.2) is 8.78 Å². The summed E-state index contributed by atoms with van der Waals surface area (Å²) in [7, 11) is 0. The highest BCUT2D eigenvalue weighted by atomic mass is 19.1. The van der Waals surface area contributed by atoms with E-state index in [2.05, 4.69) is 24.1 Å². The van der Waals surface area contributed by atoms with Gasteiger partial charge >= 0.3 is 0 Å². The summed E-state index contributed by atoms with van der Waals surface area (Å²) in [6, 6.07) is 3.74. The minimum Gasteiger partial charge on any atom is -0.310 e. The smallest absolute Gasteiger partial charge is 0.126 e. The first kappa shape index (κ1) is 13.4. The van der Waals surface area contributed by atoms with Gasteiger partial charge in [-0.2, -0.15) is 0 Å². The summed E-state index contributed by atoms with van der Waals surface area (Å²) < 4.78 is 26.3. The van der Waals surface area contributed by atoms with Crippen LogP contribution in [0.5, 0.6) is 0 Å². The molecule has 4 heteroatoms. The van der Waals surface area contributed by atoms with Crippen LogP contribution in [-0.4, -0.2) is 30.1 Å². The third-order valence-corrected chi connectivity index (χ3v) is 3.20. The van der Waals surface area contributed by atoms with E-state index in [1.165, 1.54) is 12.1 Å². The van der Waals surface area contributed by atoms with Crippen LogP contribution in [0.2, 0.25) is 0 Å². The largest absolute Gasteiger partial charge is 0.310 e. The first-order chi connectivity index (χ1) is 8.44. The molecule has 1 aliphatic heterocycles. The van der Waals surface area contributed by atoms with Gasteiger partial charge in [-0.1, -0.05) is 0 Å². The van der Waals surface area contributed by atoms with E-state index in [0.29, 0.717) is 12.1 Å². The minimum atomic E-state index is -0.503. The zero-order valence-corrected chi connectivity index (χ0v) is 11.0. The second kappa shape index (κ2) is 5.33. The molecule has 1 aromatic carbocycles. The third-order valence-electron chi connectivity index (χ3n) is 3.20. The van der Waals surface area contributed by atoms with E-state index in [9.17, 15) is 8.78 Å². The molecule has 0 unspecified atom stereocenters. The molecule has 2 rings (SSSR count). The Morgan fingerprint density at radius 1 is 1.22 bits per heavy atom. The van der Waals surface area contributed by atoms with Crippen LogP contribution in [0, 0.1) is 11.6 Å². The molecule has 1 fully saturated rings. The van der Waals surface area contributed by atoms with Gasteiger partial charge < -0.3 is 5.32 Å². The average Bonchev–Trinajstić information content (AvgIpc) is 2.37. The molecule has 1 saturated heterocycles. The van der Waals surface area contributed by atoms with Crippen molar-refractivity contribution in [3.63, 3.8) is 0 Å². The zero-order valence-electron chi connectivity index (χ0n) is 11.0. The van der Waals surface area contributed by atoms with Crippen molar-refractivity contribution >= 4 is 0 Å². The van der Waals surface area contributed by atoms with Crippen molar-refractivity contribution in [3.05, 3.63) is 35.4 Å². The lowest BCUT2D eigenvalue weighted by molar-refractivity contribution is 0.223. The van der Waals surface area contributed by atoms with E-state index in [4.69, 9.17) is 0 Å². The number of rotatable bonds is 2. The summed E-state index contributed by atoms with van der Waals surface area (Å²) in [5.74, 6) is -1.01. The fourth-order valence-electron chi connectivity index (χ4n) is 2.52. The summed E-state index contributed by atoms with van der Waals surface area (Å²) >= 11 is 0. The summed E-state index contributed by atoms with van der Waals surface area (Å²) in [4.78, 5) is 2.24. The fraction of sp³-hybridized carbons (Fsp3) is 0.571. The monoisotopic (exact) mass is 254 g/mol. The standard InChI is InChI=1S/C14H20F2N2/c1-14(2)10-18(5-3-4-17-14)9-11-6-12(15)8-13(16)7-11/h6-8,17H,3-5,9-10H2,1-2H3. The van der Waals surface area contributed by atoms with Crippen LogP contribution in [0.25, 0.3) is 0 Å². The van der Waals surface area contributed by atoms with Crippen LogP contribution in [0.4, 0.5) is 8.78 Å². The Labute approximate surface area is 107 Å². The molecular weight excluding hydrogens is 234 g/mol. The Kier molecular flexibility index (Phi) is 3.97. The lowest BCUT2D eigenvalue weighted by Gasteiger charge is -2.30. The molecule has 0 aliphatic carbocycles. The van der Waals surface area contributed by atoms with Crippen molar-refractivity contribution in [2.45, 2.75) is 32.4 Å². The lowest BCUT2D eigenvalue weighted by Crippen LogP contribution is -2.46. The Bertz CT molecular complexity index is 398. The Morgan fingerprint density at radius 3 is 2.56 bits per heavy atom. The molecule has 100 valence electrons. The molecule has 1 N–H and O–H groups in total. The molecule has 0 aromatic heterocycles. The van der Waals surface area contributed by atoms with Gasteiger partial charge in [0.25, 0.3) is 0 Å². The Hall–Kier alpha value is -1.00. The topological polar surface area (TPSA) is 15.3 Å². The summed E-state index contributed by atoms with van der Waals surface area (Å²) in [5.41, 5.74) is 0.743. The van der Waals surface area contributed by atoms with Gasteiger partial charge in [-0.3, -0.25) is 4.90 Å². The normalized spacial score (nSPS) is 20.7. The minimum absolute atomic E-state index is 0.0440. The van der Waals surface area contributed by atoms with Gasteiger partial charge in [-0.05, 0) is 51.1 Å². The molecule has 1 heterocycles. The molecule has 18 heavy (non-hydrogen) atoms. The lowest BCUT2D eigenvalue weighted by atomic mass is 10.1. The number of nitrogens with one attached hydrogen (secondary N) is 1. The number of hydrogen-bond donors (Lipinski definition) is 1. The van der Waals surface area contributed by atoms with E-state index >= 15 is 0 Å². The molecule has 0 spiro atoms. The second-order valence-electron chi connectivity index (χ2n) is 5.65. The molecule has 0 saturated carbocycles. The van der Waals surface area contributed by atoms with Crippen LogP contribution in [0.1, 0.15) is 25.8 Å². The second-order valence-corrected chi connectivity index (χ2v) is 5.65. The van der Waals surface area contributed by atoms with Crippen LogP contribution in [0.3, 0.4) is 0 Å². The molecule has 1 aliphatic rings. The number of halogens is 2. The number of hydrogen-bond acceptors (Lipinski definition) is 2. The van der Waals surface area contributed by atoms with E-state index < -0.39 is 11.6 Å². The maximum atomic E-state index is 13.1. The number of benzene rings is 1.